The molecule has 0 bridgehead atoms. The number of carbonyl (C=O) groups is 2. The van der Waals surface area contributed by atoms with Crippen molar-refractivity contribution in [3.05, 3.63) is 0 Å². The highest BCUT2D eigenvalue weighted by Crippen LogP contribution is 2.26. The number of hydrogen-bond acceptors (Lipinski definition) is 3. The van der Waals surface area contributed by atoms with Gasteiger partial charge in [0, 0.05) is 6.04 Å². The van der Waals surface area contributed by atoms with E-state index in [2.05, 4.69) is 12.2 Å². The fourth-order valence-corrected chi connectivity index (χ4v) is 2.90. The molecule has 2 rings (SSSR count). The lowest BCUT2D eigenvalue weighted by Crippen LogP contribution is -2.66. The third kappa shape index (κ3) is 3.85. The minimum absolute atomic E-state index is 0.0547. The van der Waals surface area contributed by atoms with Crippen LogP contribution >= 0.6 is 0 Å². The summed E-state index contributed by atoms with van der Waals surface area (Å²) in [6, 6.07) is 0.228. The lowest BCUT2D eigenvalue weighted by Gasteiger charge is -2.47. The molecule has 0 aromatic carbocycles. The van der Waals surface area contributed by atoms with Gasteiger partial charge in [0.2, 0.25) is 0 Å². The second-order valence-corrected chi connectivity index (χ2v) is 6.39. The topological polar surface area (TPSA) is 78.9 Å². The second-order valence-electron chi connectivity index (χ2n) is 6.39. The molecule has 1 saturated carbocycles. The fourth-order valence-electron chi connectivity index (χ4n) is 2.90. The molecule has 2 N–H and O–H groups in total. The van der Waals surface area contributed by atoms with Crippen molar-refractivity contribution in [3.63, 3.8) is 0 Å². The Labute approximate surface area is 119 Å². The molecule has 1 aliphatic heterocycles. The van der Waals surface area contributed by atoms with Gasteiger partial charge in [0.05, 0.1) is 13.1 Å². The number of carbonyl (C=O) groups excluding carboxylic acids is 1. The van der Waals surface area contributed by atoms with E-state index in [4.69, 9.17) is 9.84 Å². The predicted molar refractivity (Wildman–Crippen MR) is 73.5 cm³/mol. The van der Waals surface area contributed by atoms with Gasteiger partial charge >= 0.3 is 12.0 Å². The first-order chi connectivity index (χ1) is 9.38. The van der Waals surface area contributed by atoms with Crippen LogP contribution in [0.3, 0.4) is 0 Å². The van der Waals surface area contributed by atoms with Gasteiger partial charge in [-0.1, -0.05) is 6.92 Å². The highest BCUT2D eigenvalue weighted by molar-refractivity contribution is 5.76. The van der Waals surface area contributed by atoms with E-state index in [9.17, 15) is 9.59 Å². The Balaban J connectivity index is 1.69. The smallest absolute Gasteiger partial charge is 0.329 e. The van der Waals surface area contributed by atoms with E-state index in [1.807, 2.05) is 6.92 Å². The number of aliphatic carboxylic acids is 1. The summed E-state index contributed by atoms with van der Waals surface area (Å²) in [7, 11) is 0. The normalized spacial score (nSPS) is 28.6. The van der Waals surface area contributed by atoms with E-state index >= 15 is 0 Å². The number of ether oxygens (including phenoxy) is 1. The fraction of sp³-hybridized carbons (Fsp3) is 0.857. The van der Waals surface area contributed by atoms with E-state index < -0.39 is 11.6 Å². The van der Waals surface area contributed by atoms with Crippen LogP contribution in [0.2, 0.25) is 0 Å². The monoisotopic (exact) mass is 284 g/mol. The number of urea groups is 1. The molecule has 6 heteroatoms. The van der Waals surface area contributed by atoms with Gasteiger partial charge in [-0.3, -0.25) is 0 Å². The van der Waals surface area contributed by atoms with Crippen LogP contribution in [0, 0.1) is 5.92 Å². The molecule has 0 aromatic rings. The molecular formula is C14H24N2O4. The van der Waals surface area contributed by atoms with Crippen molar-refractivity contribution < 1.29 is 19.4 Å². The van der Waals surface area contributed by atoms with Crippen molar-refractivity contribution in [3.8, 4) is 0 Å². The highest BCUT2D eigenvalue weighted by atomic mass is 16.5. The zero-order chi connectivity index (χ0) is 14.8. The maximum atomic E-state index is 12.0. The van der Waals surface area contributed by atoms with E-state index in [-0.39, 0.29) is 18.7 Å². The SMILES string of the molecule is CC1CCC(NC(=O)N2CC(C)(OCC(=O)O)C2)CC1. The molecular weight excluding hydrogens is 260 g/mol. The van der Waals surface area contributed by atoms with E-state index in [0.29, 0.717) is 13.1 Å². The maximum Gasteiger partial charge on any atom is 0.329 e. The van der Waals surface area contributed by atoms with E-state index in [0.717, 1.165) is 18.8 Å². The quantitative estimate of drug-likeness (QED) is 0.819. The standard InChI is InChI=1S/C14H24N2O4/c1-10-3-5-11(6-4-10)15-13(19)16-8-14(2,9-16)20-7-12(17)18/h10-11H,3-9H2,1-2H3,(H,15,19)(H,17,18). The minimum Gasteiger partial charge on any atom is -0.480 e. The van der Waals surface area contributed by atoms with Crippen LogP contribution in [0.1, 0.15) is 39.5 Å². The number of hydrogen-bond donors (Lipinski definition) is 2. The summed E-state index contributed by atoms with van der Waals surface area (Å²) in [4.78, 5) is 24.2. The van der Waals surface area contributed by atoms with Crippen LogP contribution in [-0.4, -0.2) is 53.3 Å². The summed E-state index contributed by atoms with van der Waals surface area (Å²) >= 11 is 0. The summed E-state index contributed by atoms with van der Waals surface area (Å²) in [5.41, 5.74) is -0.517. The molecule has 1 saturated heterocycles. The summed E-state index contributed by atoms with van der Waals surface area (Å²) in [5.74, 6) is -0.217. The third-order valence-corrected chi connectivity index (χ3v) is 4.23. The molecule has 0 spiro atoms. The third-order valence-electron chi connectivity index (χ3n) is 4.23. The largest absolute Gasteiger partial charge is 0.480 e. The molecule has 2 fully saturated rings. The first-order valence-electron chi connectivity index (χ1n) is 7.29. The molecule has 114 valence electrons. The number of amides is 2. The van der Waals surface area contributed by atoms with Gasteiger partial charge in [0.15, 0.2) is 0 Å². The maximum absolute atomic E-state index is 12.0. The average Bonchev–Trinajstić information content (AvgIpc) is 2.35. The Morgan fingerprint density at radius 2 is 1.90 bits per heavy atom. The molecule has 6 nitrogen and oxygen atoms in total. The Morgan fingerprint density at radius 3 is 2.45 bits per heavy atom. The number of carboxylic acid groups (broad SMARTS) is 1. The summed E-state index contributed by atoms with van der Waals surface area (Å²) in [6.07, 6.45) is 4.44. The summed E-state index contributed by atoms with van der Waals surface area (Å²) in [5, 5.41) is 11.7. The van der Waals surface area contributed by atoms with Gasteiger partial charge in [-0.15, -0.1) is 0 Å². The Kier molecular flexibility index (Phi) is 4.52. The van der Waals surface area contributed by atoms with Crippen molar-refractivity contribution in [1.82, 2.24) is 10.2 Å². The predicted octanol–water partition coefficient (Wildman–Crippen LogP) is 1.45. The van der Waals surface area contributed by atoms with Crippen LogP contribution < -0.4 is 5.32 Å². The number of rotatable bonds is 4. The molecule has 1 heterocycles. The zero-order valence-corrected chi connectivity index (χ0v) is 12.2. The van der Waals surface area contributed by atoms with Crippen LogP contribution in [-0.2, 0) is 9.53 Å². The summed E-state index contributed by atoms with van der Waals surface area (Å²) in [6.45, 7) is 4.68. The first kappa shape index (κ1) is 15.1. The van der Waals surface area contributed by atoms with Gasteiger partial charge < -0.3 is 20.1 Å². The van der Waals surface area contributed by atoms with Gasteiger partial charge in [-0.05, 0) is 38.5 Å². The molecule has 1 aliphatic carbocycles. The second kappa shape index (κ2) is 5.99. The highest BCUT2D eigenvalue weighted by Gasteiger charge is 2.43. The van der Waals surface area contributed by atoms with Crippen LogP contribution in [0.15, 0.2) is 0 Å². The van der Waals surface area contributed by atoms with Crippen molar-refractivity contribution in [2.24, 2.45) is 5.92 Å². The first-order valence-corrected chi connectivity index (χ1v) is 7.29. The molecule has 2 amide bonds. The Morgan fingerprint density at radius 1 is 1.30 bits per heavy atom. The van der Waals surface area contributed by atoms with Gasteiger partial charge in [0.25, 0.3) is 0 Å². The Bertz CT molecular complexity index is 371. The van der Waals surface area contributed by atoms with Gasteiger partial charge in [-0.25, -0.2) is 9.59 Å². The molecule has 2 aliphatic rings. The van der Waals surface area contributed by atoms with Gasteiger partial charge in [-0.2, -0.15) is 0 Å². The number of carboxylic acids is 1. The molecule has 0 unspecified atom stereocenters. The van der Waals surface area contributed by atoms with E-state index in [1.165, 1.54) is 12.8 Å². The average molecular weight is 284 g/mol. The minimum atomic E-state index is -0.981. The van der Waals surface area contributed by atoms with E-state index in [1.54, 1.807) is 4.90 Å². The lowest BCUT2D eigenvalue weighted by molar-refractivity contribution is -0.159. The van der Waals surface area contributed by atoms with Crippen LogP contribution in [0.5, 0.6) is 0 Å². The van der Waals surface area contributed by atoms with Crippen molar-refractivity contribution in [2.75, 3.05) is 19.7 Å². The van der Waals surface area contributed by atoms with Gasteiger partial charge in [0.1, 0.15) is 12.2 Å². The van der Waals surface area contributed by atoms with Crippen LogP contribution in [0.25, 0.3) is 0 Å². The van der Waals surface area contributed by atoms with Crippen LogP contribution in [0.4, 0.5) is 4.79 Å². The number of nitrogens with zero attached hydrogens (tertiary/aromatic N) is 1. The van der Waals surface area contributed by atoms with Crippen molar-refractivity contribution in [1.29, 1.82) is 0 Å². The molecule has 0 radical (unpaired) electrons. The van der Waals surface area contributed by atoms with Crippen molar-refractivity contribution >= 4 is 12.0 Å². The zero-order valence-electron chi connectivity index (χ0n) is 12.2. The summed E-state index contributed by atoms with van der Waals surface area (Å²) < 4.78 is 5.29. The Hall–Kier alpha value is -1.30. The lowest BCUT2D eigenvalue weighted by atomic mass is 9.87. The molecule has 0 aromatic heterocycles. The molecule has 0 atom stereocenters. The molecule has 20 heavy (non-hydrogen) atoms. The number of nitrogens with one attached hydrogen (secondary N) is 1. The van der Waals surface area contributed by atoms with Crippen molar-refractivity contribution in [2.45, 2.75) is 51.2 Å². The number of likely N-dealkylation sites (tertiary alicyclic amines) is 1.